The normalized spacial score (nSPS) is 13.5. The van der Waals surface area contributed by atoms with Gasteiger partial charge >= 0.3 is 0 Å². The van der Waals surface area contributed by atoms with Gasteiger partial charge < -0.3 is 15.2 Å². The van der Waals surface area contributed by atoms with Crippen molar-refractivity contribution in [2.24, 2.45) is 0 Å². The number of H-pyrrole nitrogens is 1. The minimum absolute atomic E-state index is 0.0121. The van der Waals surface area contributed by atoms with Gasteiger partial charge in [0.25, 0.3) is 5.91 Å². The molecule has 0 bridgehead atoms. The summed E-state index contributed by atoms with van der Waals surface area (Å²) in [6.45, 7) is 3.07. The van der Waals surface area contributed by atoms with E-state index >= 15 is 0 Å². The summed E-state index contributed by atoms with van der Waals surface area (Å²) in [4.78, 5) is 29.8. The maximum atomic E-state index is 12.9. The van der Waals surface area contributed by atoms with E-state index in [0.717, 1.165) is 17.6 Å². The zero-order chi connectivity index (χ0) is 18.1. The number of rotatable bonds is 3. The van der Waals surface area contributed by atoms with Gasteiger partial charge in [0.05, 0.1) is 6.54 Å². The second kappa shape index (κ2) is 6.67. The number of fused-ring (bicyclic) bond motifs is 3. The maximum absolute atomic E-state index is 12.9. The lowest BCUT2D eigenvalue weighted by molar-refractivity contribution is -0.115. The van der Waals surface area contributed by atoms with Crippen LogP contribution in [0.1, 0.15) is 35.0 Å². The lowest BCUT2D eigenvalue weighted by Gasteiger charge is -2.27. The van der Waals surface area contributed by atoms with E-state index in [9.17, 15) is 9.59 Å². The van der Waals surface area contributed by atoms with Crippen molar-refractivity contribution in [2.75, 3.05) is 11.9 Å². The Balaban J connectivity index is 1.56. The van der Waals surface area contributed by atoms with Crippen LogP contribution < -0.4 is 5.32 Å². The largest absolute Gasteiger partial charge is 0.357 e. The number of aromatic nitrogens is 1. The van der Waals surface area contributed by atoms with Crippen LogP contribution in [0.4, 0.5) is 5.69 Å². The predicted octanol–water partition coefficient (Wildman–Crippen LogP) is 3.71. The number of aromatic amines is 1. The van der Waals surface area contributed by atoms with Crippen LogP contribution in [0.25, 0.3) is 10.9 Å². The maximum Gasteiger partial charge on any atom is 0.254 e. The predicted molar refractivity (Wildman–Crippen MR) is 102 cm³/mol. The van der Waals surface area contributed by atoms with E-state index in [4.69, 9.17) is 0 Å². The van der Waals surface area contributed by atoms with Crippen LogP contribution in [-0.4, -0.2) is 28.2 Å². The van der Waals surface area contributed by atoms with Crippen molar-refractivity contribution in [2.45, 2.75) is 26.3 Å². The number of carbonyl (C=O) groups excluding carboxylic acids is 2. The molecule has 0 saturated heterocycles. The Bertz CT molecular complexity index is 990. The number of para-hydroxylation sites is 1. The van der Waals surface area contributed by atoms with E-state index in [2.05, 4.69) is 22.4 Å². The minimum atomic E-state index is -0.0599. The monoisotopic (exact) mass is 347 g/mol. The summed E-state index contributed by atoms with van der Waals surface area (Å²) in [7, 11) is 0. The van der Waals surface area contributed by atoms with Gasteiger partial charge in [-0.05, 0) is 36.2 Å². The lowest BCUT2D eigenvalue weighted by atomic mass is 10.0. The number of anilines is 1. The van der Waals surface area contributed by atoms with Crippen molar-refractivity contribution in [1.29, 1.82) is 0 Å². The average molecular weight is 347 g/mol. The van der Waals surface area contributed by atoms with Gasteiger partial charge in [-0.3, -0.25) is 9.59 Å². The van der Waals surface area contributed by atoms with Crippen LogP contribution in [0.5, 0.6) is 0 Å². The molecule has 2 heterocycles. The third-order valence-corrected chi connectivity index (χ3v) is 4.88. The third-order valence-electron chi connectivity index (χ3n) is 4.88. The molecule has 0 atom stereocenters. The number of hydrogen-bond donors (Lipinski definition) is 2. The van der Waals surface area contributed by atoms with Crippen molar-refractivity contribution in [3.8, 4) is 0 Å². The summed E-state index contributed by atoms with van der Waals surface area (Å²) in [5, 5.41) is 4.06. The van der Waals surface area contributed by atoms with Crippen LogP contribution in [0.15, 0.2) is 48.5 Å². The second-order valence-corrected chi connectivity index (χ2v) is 6.59. The Labute approximate surface area is 152 Å². The van der Waals surface area contributed by atoms with Gasteiger partial charge in [-0.25, -0.2) is 0 Å². The SMILES string of the molecule is CCC(=O)Nc1cccc(C(=O)N2CCc3c([nH]c4ccccc34)C2)c1. The molecule has 1 aliphatic heterocycles. The minimum Gasteiger partial charge on any atom is -0.357 e. The highest BCUT2D eigenvalue weighted by molar-refractivity contribution is 5.97. The molecule has 5 heteroatoms. The molecule has 2 aromatic carbocycles. The summed E-state index contributed by atoms with van der Waals surface area (Å²) in [5.74, 6) is -0.0720. The molecule has 0 radical (unpaired) electrons. The Morgan fingerprint density at radius 2 is 2.00 bits per heavy atom. The van der Waals surface area contributed by atoms with E-state index < -0.39 is 0 Å². The fourth-order valence-electron chi connectivity index (χ4n) is 3.53. The molecule has 5 nitrogen and oxygen atoms in total. The molecule has 0 aliphatic carbocycles. The molecule has 1 aliphatic rings. The number of nitrogens with one attached hydrogen (secondary N) is 2. The first-order valence-electron chi connectivity index (χ1n) is 8.93. The fraction of sp³-hybridized carbons (Fsp3) is 0.238. The van der Waals surface area contributed by atoms with Gasteiger partial charge in [0.15, 0.2) is 0 Å². The molecule has 0 unspecified atom stereocenters. The molecule has 1 aromatic heterocycles. The fourth-order valence-corrected chi connectivity index (χ4v) is 3.53. The summed E-state index contributed by atoms with van der Waals surface area (Å²) >= 11 is 0. The van der Waals surface area contributed by atoms with Crippen LogP contribution in [-0.2, 0) is 17.8 Å². The van der Waals surface area contributed by atoms with Gasteiger partial charge in [-0.15, -0.1) is 0 Å². The Morgan fingerprint density at radius 1 is 1.15 bits per heavy atom. The molecule has 0 spiro atoms. The summed E-state index contributed by atoms with van der Waals surface area (Å²) in [6, 6.07) is 15.4. The van der Waals surface area contributed by atoms with E-state index in [1.165, 1.54) is 10.9 Å². The molecule has 0 fully saturated rings. The molecule has 3 aromatic rings. The van der Waals surface area contributed by atoms with Crippen molar-refractivity contribution in [3.05, 3.63) is 65.4 Å². The zero-order valence-corrected chi connectivity index (χ0v) is 14.7. The Morgan fingerprint density at radius 3 is 2.85 bits per heavy atom. The van der Waals surface area contributed by atoms with Crippen molar-refractivity contribution in [3.63, 3.8) is 0 Å². The van der Waals surface area contributed by atoms with E-state index in [-0.39, 0.29) is 11.8 Å². The molecular weight excluding hydrogens is 326 g/mol. The number of carbonyl (C=O) groups is 2. The summed E-state index contributed by atoms with van der Waals surface area (Å²) in [6.07, 6.45) is 1.25. The highest BCUT2D eigenvalue weighted by atomic mass is 16.2. The van der Waals surface area contributed by atoms with Crippen molar-refractivity contribution in [1.82, 2.24) is 9.88 Å². The van der Waals surface area contributed by atoms with Crippen molar-refractivity contribution < 1.29 is 9.59 Å². The molecular formula is C21H21N3O2. The summed E-state index contributed by atoms with van der Waals surface area (Å²) in [5.41, 5.74) is 4.80. The lowest BCUT2D eigenvalue weighted by Crippen LogP contribution is -2.35. The van der Waals surface area contributed by atoms with Gasteiger partial charge in [-0.2, -0.15) is 0 Å². The first kappa shape index (κ1) is 16.4. The van der Waals surface area contributed by atoms with E-state index in [0.29, 0.717) is 30.8 Å². The van der Waals surface area contributed by atoms with Gasteiger partial charge in [0.1, 0.15) is 0 Å². The molecule has 4 rings (SSSR count). The molecule has 0 saturated carbocycles. The number of nitrogens with zero attached hydrogens (tertiary/aromatic N) is 1. The Kier molecular flexibility index (Phi) is 4.21. The molecule has 2 N–H and O–H groups in total. The average Bonchev–Trinajstić information content (AvgIpc) is 3.05. The molecule has 2 amide bonds. The van der Waals surface area contributed by atoms with E-state index in [1.807, 2.05) is 17.0 Å². The standard InChI is InChI=1S/C21H21N3O2/c1-2-20(25)22-15-7-5-6-14(12-15)21(26)24-11-10-17-16-8-3-4-9-18(16)23-19(17)13-24/h3-9,12,23H,2,10-11,13H2,1H3,(H,22,25). The quantitative estimate of drug-likeness (QED) is 0.758. The van der Waals surface area contributed by atoms with Gasteiger partial charge in [-0.1, -0.05) is 31.2 Å². The third kappa shape index (κ3) is 2.96. The first-order valence-corrected chi connectivity index (χ1v) is 8.93. The van der Waals surface area contributed by atoms with Gasteiger partial charge in [0, 0.05) is 40.8 Å². The highest BCUT2D eigenvalue weighted by Gasteiger charge is 2.24. The van der Waals surface area contributed by atoms with Gasteiger partial charge in [0.2, 0.25) is 5.91 Å². The topological polar surface area (TPSA) is 65.2 Å². The van der Waals surface area contributed by atoms with Crippen LogP contribution in [0.3, 0.4) is 0 Å². The zero-order valence-electron chi connectivity index (χ0n) is 14.7. The van der Waals surface area contributed by atoms with Crippen molar-refractivity contribution >= 4 is 28.4 Å². The smallest absolute Gasteiger partial charge is 0.254 e. The Hall–Kier alpha value is -3.08. The number of hydrogen-bond acceptors (Lipinski definition) is 2. The second-order valence-electron chi connectivity index (χ2n) is 6.59. The highest BCUT2D eigenvalue weighted by Crippen LogP contribution is 2.28. The van der Waals surface area contributed by atoms with E-state index in [1.54, 1.807) is 31.2 Å². The van der Waals surface area contributed by atoms with Crippen LogP contribution in [0.2, 0.25) is 0 Å². The first-order chi connectivity index (χ1) is 12.7. The number of amides is 2. The summed E-state index contributed by atoms with van der Waals surface area (Å²) < 4.78 is 0. The van der Waals surface area contributed by atoms with Crippen LogP contribution in [0, 0.1) is 0 Å². The molecule has 26 heavy (non-hydrogen) atoms. The number of benzene rings is 2. The van der Waals surface area contributed by atoms with Crippen LogP contribution >= 0.6 is 0 Å². The molecule has 132 valence electrons.